The quantitative estimate of drug-likeness (QED) is 0.707. The van der Waals surface area contributed by atoms with Crippen LogP contribution >= 0.6 is 0 Å². The fourth-order valence-corrected chi connectivity index (χ4v) is 2.34. The molecule has 4 nitrogen and oxygen atoms in total. The molecule has 0 bridgehead atoms. The number of carbonyl (C=O) groups excluding carboxylic acids is 1. The standard InChI is InChI=1S/C12H15N3O/c1-2-11(16)14-6-3-7-15-12(14)10(8-13-15)9-4-5-9/h2,8-9H,1,3-7H2. The van der Waals surface area contributed by atoms with Crippen molar-refractivity contribution in [2.24, 2.45) is 0 Å². The van der Waals surface area contributed by atoms with E-state index in [4.69, 9.17) is 0 Å². The molecule has 1 aromatic rings. The Morgan fingerprint density at radius 2 is 2.31 bits per heavy atom. The highest BCUT2D eigenvalue weighted by molar-refractivity contribution is 6.01. The first-order valence-corrected chi connectivity index (χ1v) is 5.81. The number of aromatic nitrogens is 2. The van der Waals surface area contributed by atoms with Gasteiger partial charge in [-0.05, 0) is 31.3 Å². The second-order valence-corrected chi connectivity index (χ2v) is 4.47. The van der Waals surface area contributed by atoms with Gasteiger partial charge in [0.25, 0.3) is 5.91 Å². The molecular weight excluding hydrogens is 202 g/mol. The Hall–Kier alpha value is -1.58. The summed E-state index contributed by atoms with van der Waals surface area (Å²) in [5.74, 6) is 1.63. The summed E-state index contributed by atoms with van der Waals surface area (Å²) >= 11 is 0. The summed E-state index contributed by atoms with van der Waals surface area (Å²) < 4.78 is 1.96. The van der Waals surface area contributed by atoms with Crippen molar-refractivity contribution in [2.45, 2.75) is 31.7 Å². The zero-order chi connectivity index (χ0) is 11.1. The molecule has 1 aromatic heterocycles. The summed E-state index contributed by atoms with van der Waals surface area (Å²) in [5.41, 5.74) is 1.25. The fourth-order valence-electron chi connectivity index (χ4n) is 2.34. The van der Waals surface area contributed by atoms with Crippen LogP contribution in [-0.2, 0) is 11.3 Å². The van der Waals surface area contributed by atoms with Crippen molar-refractivity contribution in [3.63, 3.8) is 0 Å². The van der Waals surface area contributed by atoms with Crippen LogP contribution in [0.15, 0.2) is 18.9 Å². The van der Waals surface area contributed by atoms with Gasteiger partial charge in [0.15, 0.2) is 0 Å². The first-order valence-electron chi connectivity index (χ1n) is 5.81. The van der Waals surface area contributed by atoms with Crippen molar-refractivity contribution in [2.75, 3.05) is 11.4 Å². The predicted octanol–water partition coefficient (Wildman–Crippen LogP) is 1.68. The van der Waals surface area contributed by atoms with Crippen molar-refractivity contribution >= 4 is 11.7 Å². The average Bonchev–Trinajstić information content (AvgIpc) is 3.07. The average molecular weight is 217 g/mol. The number of fused-ring (bicyclic) bond motifs is 1. The number of amides is 1. The van der Waals surface area contributed by atoms with Crippen LogP contribution in [0.3, 0.4) is 0 Å². The third-order valence-corrected chi connectivity index (χ3v) is 3.30. The summed E-state index contributed by atoms with van der Waals surface area (Å²) in [7, 11) is 0. The maximum Gasteiger partial charge on any atom is 0.251 e. The van der Waals surface area contributed by atoms with Crippen LogP contribution in [0, 0.1) is 0 Å². The van der Waals surface area contributed by atoms with Gasteiger partial charge in [-0.1, -0.05) is 6.58 Å². The zero-order valence-corrected chi connectivity index (χ0v) is 9.22. The number of nitrogens with zero attached hydrogens (tertiary/aromatic N) is 3. The SMILES string of the molecule is C=CC(=O)N1CCCn2ncc(C3CC3)c21. The molecule has 4 heteroatoms. The van der Waals surface area contributed by atoms with Crippen molar-refractivity contribution in [3.8, 4) is 0 Å². The molecule has 0 spiro atoms. The van der Waals surface area contributed by atoms with Crippen molar-refractivity contribution in [3.05, 3.63) is 24.4 Å². The molecule has 0 saturated heterocycles. The molecule has 1 aliphatic heterocycles. The van der Waals surface area contributed by atoms with Gasteiger partial charge in [0.05, 0.1) is 6.20 Å². The second-order valence-electron chi connectivity index (χ2n) is 4.47. The summed E-state index contributed by atoms with van der Waals surface area (Å²) in [5, 5.41) is 4.37. The minimum atomic E-state index is -0.0108. The molecule has 2 aliphatic rings. The van der Waals surface area contributed by atoms with Gasteiger partial charge in [-0.2, -0.15) is 5.10 Å². The molecular formula is C12H15N3O. The van der Waals surface area contributed by atoms with Crippen molar-refractivity contribution in [1.82, 2.24) is 9.78 Å². The van der Waals surface area contributed by atoms with Crippen LogP contribution in [0.4, 0.5) is 5.82 Å². The highest BCUT2D eigenvalue weighted by Gasteiger charge is 2.33. The van der Waals surface area contributed by atoms with Crippen LogP contribution in [0.5, 0.6) is 0 Å². The van der Waals surface area contributed by atoms with E-state index in [1.807, 2.05) is 15.8 Å². The molecule has 1 amide bonds. The topological polar surface area (TPSA) is 38.1 Å². The Labute approximate surface area is 94.5 Å². The highest BCUT2D eigenvalue weighted by Crippen LogP contribution is 2.45. The number of anilines is 1. The Morgan fingerprint density at radius 1 is 1.50 bits per heavy atom. The third kappa shape index (κ3) is 1.37. The van der Waals surface area contributed by atoms with Crippen LogP contribution in [-0.4, -0.2) is 22.2 Å². The zero-order valence-electron chi connectivity index (χ0n) is 9.22. The Kier molecular flexibility index (Phi) is 2.09. The van der Waals surface area contributed by atoms with Crippen LogP contribution in [0.1, 0.15) is 30.7 Å². The van der Waals surface area contributed by atoms with Gasteiger partial charge in [0, 0.05) is 18.7 Å². The molecule has 1 saturated carbocycles. The lowest BCUT2D eigenvalue weighted by Gasteiger charge is -2.28. The van der Waals surface area contributed by atoms with Crippen LogP contribution in [0.2, 0.25) is 0 Å². The first kappa shape index (κ1) is 9.63. The normalized spacial score (nSPS) is 19.4. The summed E-state index contributed by atoms with van der Waals surface area (Å²) in [4.78, 5) is 13.6. The Bertz CT molecular complexity index is 445. The lowest BCUT2D eigenvalue weighted by molar-refractivity contribution is -0.114. The second kappa shape index (κ2) is 3.47. The van der Waals surface area contributed by atoms with E-state index in [0.29, 0.717) is 5.92 Å². The summed E-state index contributed by atoms with van der Waals surface area (Å²) in [6, 6.07) is 0. The number of aryl methyl sites for hydroxylation is 1. The predicted molar refractivity (Wildman–Crippen MR) is 61.4 cm³/mol. The van der Waals surface area contributed by atoms with Gasteiger partial charge in [0.1, 0.15) is 5.82 Å². The number of carbonyl (C=O) groups is 1. The lowest BCUT2D eigenvalue weighted by atomic mass is 10.1. The number of hydrogen-bond donors (Lipinski definition) is 0. The van der Waals surface area contributed by atoms with Gasteiger partial charge in [-0.3, -0.25) is 9.69 Å². The van der Waals surface area contributed by atoms with Crippen molar-refractivity contribution < 1.29 is 4.79 Å². The fraction of sp³-hybridized carbons (Fsp3) is 0.500. The molecule has 3 rings (SSSR count). The van der Waals surface area contributed by atoms with E-state index < -0.39 is 0 Å². The van der Waals surface area contributed by atoms with Crippen LogP contribution < -0.4 is 4.90 Å². The molecule has 0 unspecified atom stereocenters. The first-order chi connectivity index (χ1) is 7.81. The maximum absolute atomic E-state index is 11.8. The van der Waals surface area contributed by atoms with E-state index in [2.05, 4.69) is 11.7 Å². The molecule has 1 aliphatic carbocycles. The molecule has 0 radical (unpaired) electrons. The monoisotopic (exact) mass is 217 g/mol. The largest absolute Gasteiger partial charge is 0.293 e. The molecule has 16 heavy (non-hydrogen) atoms. The smallest absolute Gasteiger partial charge is 0.251 e. The van der Waals surface area contributed by atoms with Crippen LogP contribution in [0.25, 0.3) is 0 Å². The minimum absolute atomic E-state index is 0.0108. The highest BCUT2D eigenvalue weighted by atomic mass is 16.2. The van der Waals surface area contributed by atoms with E-state index in [9.17, 15) is 4.79 Å². The maximum atomic E-state index is 11.8. The number of rotatable bonds is 2. The molecule has 1 fully saturated rings. The minimum Gasteiger partial charge on any atom is -0.293 e. The molecule has 84 valence electrons. The van der Waals surface area contributed by atoms with E-state index >= 15 is 0 Å². The lowest BCUT2D eigenvalue weighted by Crippen LogP contribution is -2.37. The van der Waals surface area contributed by atoms with Gasteiger partial charge < -0.3 is 0 Å². The summed E-state index contributed by atoms with van der Waals surface area (Å²) in [6.45, 7) is 5.27. The van der Waals surface area contributed by atoms with Gasteiger partial charge in [-0.15, -0.1) is 0 Å². The third-order valence-electron chi connectivity index (χ3n) is 3.30. The van der Waals surface area contributed by atoms with Gasteiger partial charge >= 0.3 is 0 Å². The van der Waals surface area contributed by atoms with E-state index in [0.717, 1.165) is 25.3 Å². The molecule has 0 N–H and O–H groups in total. The van der Waals surface area contributed by atoms with E-state index in [1.54, 1.807) is 0 Å². The van der Waals surface area contributed by atoms with E-state index in [-0.39, 0.29) is 5.91 Å². The Balaban J connectivity index is 2.04. The molecule has 0 atom stereocenters. The number of hydrogen-bond acceptors (Lipinski definition) is 2. The Morgan fingerprint density at radius 3 is 3.00 bits per heavy atom. The van der Waals surface area contributed by atoms with E-state index in [1.165, 1.54) is 24.5 Å². The van der Waals surface area contributed by atoms with Crippen molar-refractivity contribution in [1.29, 1.82) is 0 Å². The molecule has 0 aromatic carbocycles. The van der Waals surface area contributed by atoms with Gasteiger partial charge in [0.2, 0.25) is 0 Å². The van der Waals surface area contributed by atoms with Gasteiger partial charge in [-0.25, -0.2) is 4.68 Å². The summed E-state index contributed by atoms with van der Waals surface area (Å²) in [6.07, 6.45) is 6.75. The molecule has 2 heterocycles.